The standard InChI is InChI=1S/C6H8FN3/c1-4-9-6(8)5(7)3-10(4)2/h3H,1H2,2H3,(H2,8,9). The van der Waals surface area contributed by atoms with E-state index in [1.165, 1.54) is 11.1 Å². The van der Waals surface area contributed by atoms with Crippen LogP contribution in [0.2, 0.25) is 0 Å². The third-order valence-electron chi connectivity index (χ3n) is 1.21. The van der Waals surface area contributed by atoms with E-state index >= 15 is 0 Å². The lowest BCUT2D eigenvalue weighted by Crippen LogP contribution is -2.22. The van der Waals surface area contributed by atoms with Gasteiger partial charge in [0.1, 0.15) is 5.82 Å². The van der Waals surface area contributed by atoms with E-state index in [1.54, 1.807) is 7.05 Å². The number of halogens is 1. The van der Waals surface area contributed by atoms with Crippen molar-refractivity contribution in [1.29, 1.82) is 0 Å². The lowest BCUT2D eigenvalue weighted by Gasteiger charge is -2.17. The molecule has 0 unspecified atom stereocenters. The number of hydrogen-bond acceptors (Lipinski definition) is 3. The van der Waals surface area contributed by atoms with Gasteiger partial charge in [-0.25, -0.2) is 9.38 Å². The smallest absolute Gasteiger partial charge is 0.181 e. The molecule has 1 aliphatic heterocycles. The number of hydrogen-bond donors (Lipinski definition) is 1. The molecular formula is C6H8FN3. The van der Waals surface area contributed by atoms with E-state index in [2.05, 4.69) is 11.6 Å². The fraction of sp³-hybridized carbons (Fsp3) is 0.167. The zero-order valence-corrected chi connectivity index (χ0v) is 5.63. The van der Waals surface area contributed by atoms with Crippen molar-refractivity contribution in [3.05, 3.63) is 24.4 Å². The van der Waals surface area contributed by atoms with Gasteiger partial charge >= 0.3 is 0 Å². The number of nitrogens with zero attached hydrogens (tertiary/aromatic N) is 2. The third-order valence-corrected chi connectivity index (χ3v) is 1.21. The Hall–Kier alpha value is -1.32. The van der Waals surface area contributed by atoms with Gasteiger partial charge in [0.25, 0.3) is 0 Å². The summed E-state index contributed by atoms with van der Waals surface area (Å²) in [5.41, 5.74) is 5.15. The summed E-state index contributed by atoms with van der Waals surface area (Å²) < 4.78 is 12.5. The number of amidine groups is 1. The Morgan fingerprint density at radius 1 is 1.80 bits per heavy atom. The molecule has 0 aliphatic carbocycles. The minimum absolute atomic E-state index is 0.108. The van der Waals surface area contributed by atoms with E-state index in [-0.39, 0.29) is 5.84 Å². The highest BCUT2D eigenvalue weighted by atomic mass is 19.1. The van der Waals surface area contributed by atoms with Gasteiger partial charge in [-0.15, -0.1) is 0 Å². The van der Waals surface area contributed by atoms with Gasteiger partial charge in [-0.3, -0.25) is 0 Å². The summed E-state index contributed by atoms with van der Waals surface area (Å²) in [5.74, 6) is -0.183. The van der Waals surface area contributed by atoms with Gasteiger partial charge in [-0.1, -0.05) is 6.58 Å². The summed E-state index contributed by atoms with van der Waals surface area (Å²) in [7, 11) is 1.65. The first-order chi connectivity index (χ1) is 4.61. The molecule has 0 aromatic heterocycles. The Morgan fingerprint density at radius 2 is 2.40 bits per heavy atom. The van der Waals surface area contributed by atoms with Crippen LogP contribution in [0.15, 0.2) is 29.4 Å². The van der Waals surface area contributed by atoms with Gasteiger partial charge in [0.2, 0.25) is 0 Å². The Balaban J connectivity index is 2.94. The zero-order chi connectivity index (χ0) is 7.72. The molecule has 2 N–H and O–H groups in total. The fourth-order valence-electron chi connectivity index (χ4n) is 0.582. The van der Waals surface area contributed by atoms with Crippen LogP contribution in [-0.4, -0.2) is 17.8 Å². The first kappa shape index (κ1) is 6.80. The second-order valence-corrected chi connectivity index (χ2v) is 2.00. The van der Waals surface area contributed by atoms with Crippen molar-refractivity contribution in [3.8, 4) is 0 Å². The average Bonchev–Trinajstić information content (AvgIpc) is 1.84. The van der Waals surface area contributed by atoms with Crippen LogP contribution < -0.4 is 5.73 Å². The Bertz CT molecular complexity index is 229. The summed E-state index contributed by atoms with van der Waals surface area (Å²) in [6.45, 7) is 3.53. The normalized spacial score (nSPS) is 18.6. The highest BCUT2D eigenvalue weighted by Gasteiger charge is 2.10. The molecule has 0 aromatic carbocycles. The van der Waals surface area contributed by atoms with Crippen LogP contribution in [0.4, 0.5) is 4.39 Å². The van der Waals surface area contributed by atoms with Crippen LogP contribution in [0.25, 0.3) is 0 Å². The molecule has 0 amide bonds. The van der Waals surface area contributed by atoms with E-state index in [0.29, 0.717) is 5.82 Å². The van der Waals surface area contributed by atoms with Crippen molar-refractivity contribution in [3.63, 3.8) is 0 Å². The summed E-state index contributed by atoms with van der Waals surface area (Å²) in [4.78, 5) is 5.09. The molecule has 54 valence electrons. The van der Waals surface area contributed by atoms with Gasteiger partial charge in [0.15, 0.2) is 11.7 Å². The van der Waals surface area contributed by atoms with Crippen molar-refractivity contribution in [2.75, 3.05) is 7.05 Å². The first-order valence-corrected chi connectivity index (χ1v) is 2.75. The van der Waals surface area contributed by atoms with Gasteiger partial charge < -0.3 is 10.6 Å². The molecule has 1 heterocycles. The predicted molar refractivity (Wildman–Crippen MR) is 37.7 cm³/mol. The first-order valence-electron chi connectivity index (χ1n) is 2.75. The molecule has 0 atom stereocenters. The minimum Gasteiger partial charge on any atom is -0.381 e. The van der Waals surface area contributed by atoms with Crippen LogP contribution in [0.5, 0.6) is 0 Å². The van der Waals surface area contributed by atoms with E-state index < -0.39 is 5.83 Å². The number of aliphatic imine (C=N–C) groups is 1. The molecule has 4 heteroatoms. The fourth-order valence-corrected chi connectivity index (χ4v) is 0.582. The molecular weight excluding hydrogens is 133 g/mol. The Morgan fingerprint density at radius 3 is 2.90 bits per heavy atom. The zero-order valence-electron chi connectivity index (χ0n) is 5.63. The maximum atomic E-state index is 12.5. The molecule has 0 aromatic rings. The van der Waals surface area contributed by atoms with Crippen molar-refractivity contribution >= 4 is 5.84 Å². The number of nitrogens with two attached hydrogens (primary N) is 1. The maximum Gasteiger partial charge on any atom is 0.181 e. The van der Waals surface area contributed by atoms with E-state index in [4.69, 9.17) is 5.73 Å². The van der Waals surface area contributed by atoms with Crippen molar-refractivity contribution in [1.82, 2.24) is 4.90 Å². The summed E-state index contributed by atoms with van der Waals surface area (Å²) in [6.07, 6.45) is 1.24. The average molecular weight is 141 g/mol. The molecule has 3 nitrogen and oxygen atoms in total. The van der Waals surface area contributed by atoms with Crippen LogP contribution in [-0.2, 0) is 0 Å². The molecule has 1 aliphatic rings. The van der Waals surface area contributed by atoms with Crippen molar-refractivity contribution in [2.24, 2.45) is 10.7 Å². The van der Waals surface area contributed by atoms with Crippen LogP contribution >= 0.6 is 0 Å². The van der Waals surface area contributed by atoms with Crippen molar-refractivity contribution in [2.45, 2.75) is 0 Å². The molecule has 0 bridgehead atoms. The van der Waals surface area contributed by atoms with Gasteiger partial charge in [0, 0.05) is 13.2 Å². The van der Waals surface area contributed by atoms with Gasteiger partial charge in [-0.2, -0.15) is 0 Å². The van der Waals surface area contributed by atoms with Gasteiger partial charge in [-0.05, 0) is 0 Å². The molecule has 0 saturated heterocycles. The highest BCUT2D eigenvalue weighted by molar-refractivity contribution is 5.96. The van der Waals surface area contributed by atoms with E-state index in [1.807, 2.05) is 0 Å². The largest absolute Gasteiger partial charge is 0.381 e. The highest BCUT2D eigenvalue weighted by Crippen LogP contribution is 2.11. The second-order valence-electron chi connectivity index (χ2n) is 2.00. The molecule has 0 saturated carbocycles. The minimum atomic E-state index is -0.519. The predicted octanol–water partition coefficient (Wildman–Crippen LogP) is 0.571. The summed E-state index contributed by atoms with van der Waals surface area (Å²) in [5, 5.41) is 0. The lowest BCUT2D eigenvalue weighted by atomic mass is 10.4. The molecule has 10 heavy (non-hydrogen) atoms. The topological polar surface area (TPSA) is 41.6 Å². The summed E-state index contributed by atoms with van der Waals surface area (Å²) >= 11 is 0. The van der Waals surface area contributed by atoms with Crippen LogP contribution in [0, 0.1) is 0 Å². The van der Waals surface area contributed by atoms with E-state index in [9.17, 15) is 4.39 Å². The lowest BCUT2D eigenvalue weighted by molar-refractivity contribution is 0.522. The molecule has 0 spiro atoms. The van der Waals surface area contributed by atoms with Crippen LogP contribution in [0.1, 0.15) is 0 Å². The quantitative estimate of drug-likeness (QED) is 0.536. The van der Waals surface area contributed by atoms with Crippen molar-refractivity contribution < 1.29 is 4.39 Å². The molecule has 0 fully saturated rings. The molecule has 1 rings (SSSR count). The SMILES string of the molecule is C=C1N=C(N)C(F)=CN1C. The molecule has 0 radical (unpaired) electrons. The Kier molecular flexibility index (Phi) is 1.45. The maximum absolute atomic E-state index is 12.5. The summed E-state index contributed by atoms with van der Waals surface area (Å²) in [6, 6.07) is 0. The van der Waals surface area contributed by atoms with Crippen LogP contribution in [0.3, 0.4) is 0 Å². The number of rotatable bonds is 0. The third kappa shape index (κ3) is 1.00. The monoisotopic (exact) mass is 141 g/mol. The second kappa shape index (κ2) is 2.13. The van der Waals surface area contributed by atoms with E-state index in [0.717, 1.165) is 0 Å². The Labute approximate surface area is 58.3 Å². The van der Waals surface area contributed by atoms with Gasteiger partial charge in [0.05, 0.1) is 0 Å².